The average Bonchev–Trinajstić information content (AvgIpc) is 2.60. The summed E-state index contributed by atoms with van der Waals surface area (Å²) in [5.41, 5.74) is 6.44. The van der Waals surface area contributed by atoms with Crippen molar-refractivity contribution < 1.29 is 8.42 Å². The van der Waals surface area contributed by atoms with Crippen molar-refractivity contribution in [1.82, 2.24) is 8.87 Å². The van der Waals surface area contributed by atoms with E-state index in [9.17, 15) is 8.42 Å². The molecule has 1 aliphatic rings. The molecule has 0 aromatic carbocycles. The van der Waals surface area contributed by atoms with Crippen LogP contribution in [0.25, 0.3) is 0 Å². The maximum Gasteiger partial charge on any atom is 0.244 e. The summed E-state index contributed by atoms with van der Waals surface area (Å²) in [6.07, 6.45) is 5.76. The first kappa shape index (κ1) is 14.6. The second-order valence-corrected chi connectivity index (χ2v) is 7.19. The summed E-state index contributed by atoms with van der Waals surface area (Å²) < 4.78 is 28.8. The summed E-state index contributed by atoms with van der Waals surface area (Å²) in [5.74, 6) is 0. The van der Waals surface area contributed by atoms with Crippen LogP contribution in [0.5, 0.6) is 0 Å². The second kappa shape index (κ2) is 5.64. The molecule has 1 aromatic rings. The van der Waals surface area contributed by atoms with Crippen LogP contribution in [0.4, 0.5) is 0 Å². The molecule has 2 rings (SSSR count). The zero-order chi connectivity index (χ0) is 14.0. The zero-order valence-corrected chi connectivity index (χ0v) is 12.5. The Balaban J connectivity index is 2.34. The molecule has 108 valence electrons. The molecule has 1 aliphatic heterocycles. The lowest BCUT2D eigenvalue weighted by Crippen LogP contribution is -2.38. The highest BCUT2D eigenvalue weighted by atomic mass is 32.2. The molecule has 5 nitrogen and oxygen atoms in total. The molecular weight excluding hydrogens is 262 g/mol. The highest BCUT2D eigenvalue weighted by Gasteiger charge is 2.30. The van der Waals surface area contributed by atoms with E-state index in [0.29, 0.717) is 18.0 Å². The Labute approximate surface area is 115 Å². The van der Waals surface area contributed by atoms with E-state index in [-0.39, 0.29) is 6.04 Å². The minimum absolute atomic E-state index is 0.0778. The van der Waals surface area contributed by atoms with E-state index in [1.807, 2.05) is 14.0 Å². The molecule has 0 amide bonds. The van der Waals surface area contributed by atoms with Gasteiger partial charge in [0.25, 0.3) is 0 Å². The van der Waals surface area contributed by atoms with Crippen LogP contribution in [0.2, 0.25) is 0 Å². The van der Waals surface area contributed by atoms with Gasteiger partial charge in [-0.05, 0) is 25.8 Å². The number of aromatic nitrogens is 1. The molecule has 0 aliphatic carbocycles. The third-order valence-corrected chi connectivity index (χ3v) is 5.87. The summed E-state index contributed by atoms with van der Waals surface area (Å²) in [6.45, 7) is 2.97. The molecule has 0 saturated carbocycles. The maximum atomic E-state index is 12.7. The summed E-state index contributed by atoms with van der Waals surface area (Å²) in [4.78, 5) is 0.365. The first-order valence-corrected chi connectivity index (χ1v) is 8.28. The van der Waals surface area contributed by atoms with Gasteiger partial charge in [-0.2, -0.15) is 4.31 Å². The fourth-order valence-corrected chi connectivity index (χ4v) is 4.46. The maximum absolute atomic E-state index is 12.7. The summed E-state index contributed by atoms with van der Waals surface area (Å²) in [6, 6.07) is 1.77. The van der Waals surface area contributed by atoms with E-state index in [1.54, 1.807) is 21.1 Å². The Morgan fingerprint density at radius 1 is 1.37 bits per heavy atom. The Hall–Kier alpha value is -0.850. The number of nitrogens with two attached hydrogens (primary N) is 1. The van der Waals surface area contributed by atoms with Crippen LogP contribution in [-0.4, -0.2) is 29.9 Å². The van der Waals surface area contributed by atoms with Crippen LogP contribution in [0.1, 0.15) is 38.3 Å². The largest absolute Gasteiger partial charge is 0.352 e. The van der Waals surface area contributed by atoms with Crippen molar-refractivity contribution in [3.05, 3.63) is 18.0 Å². The number of hydrogen-bond donors (Lipinski definition) is 1. The Bertz CT molecular complexity index is 536. The van der Waals surface area contributed by atoms with Crippen LogP contribution in [0.3, 0.4) is 0 Å². The highest BCUT2D eigenvalue weighted by Crippen LogP contribution is 2.25. The lowest BCUT2D eigenvalue weighted by Gasteiger charge is -2.25. The van der Waals surface area contributed by atoms with E-state index in [0.717, 1.165) is 31.4 Å². The molecule has 1 unspecified atom stereocenters. The quantitative estimate of drug-likeness (QED) is 0.913. The Kier molecular flexibility index (Phi) is 4.32. The fraction of sp³-hybridized carbons (Fsp3) is 0.692. The predicted molar refractivity (Wildman–Crippen MR) is 75.1 cm³/mol. The van der Waals surface area contributed by atoms with Gasteiger partial charge in [-0.15, -0.1) is 0 Å². The zero-order valence-electron chi connectivity index (χ0n) is 11.7. The third-order valence-electron chi connectivity index (χ3n) is 3.89. The molecule has 0 radical (unpaired) electrons. The topological polar surface area (TPSA) is 68.3 Å². The molecule has 0 spiro atoms. The van der Waals surface area contributed by atoms with Crippen molar-refractivity contribution in [3.8, 4) is 0 Å². The second-order valence-electron chi connectivity index (χ2n) is 5.30. The van der Waals surface area contributed by atoms with Crippen molar-refractivity contribution >= 4 is 10.0 Å². The number of hydrogen-bond acceptors (Lipinski definition) is 3. The van der Waals surface area contributed by atoms with Crippen molar-refractivity contribution in [3.63, 3.8) is 0 Å². The molecule has 6 heteroatoms. The van der Waals surface area contributed by atoms with Gasteiger partial charge in [-0.25, -0.2) is 8.42 Å². The number of aryl methyl sites for hydroxylation is 1. The van der Waals surface area contributed by atoms with Gasteiger partial charge < -0.3 is 10.3 Å². The minimum Gasteiger partial charge on any atom is -0.352 e. The monoisotopic (exact) mass is 285 g/mol. The van der Waals surface area contributed by atoms with Gasteiger partial charge in [0.1, 0.15) is 4.90 Å². The van der Waals surface area contributed by atoms with Gasteiger partial charge in [0, 0.05) is 38.1 Å². The smallest absolute Gasteiger partial charge is 0.244 e. The molecule has 1 fully saturated rings. The molecule has 1 aromatic heterocycles. The first-order valence-electron chi connectivity index (χ1n) is 6.84. The summed E-state index contributed by atoms with van der Waals surface area (Å²) in [7, 11) is -1.56. The first-order chi connectivity index (χ1) is 8.96. The van der Waals surface area contributed by atoms with Gasteiger partial charge in [0.15, 0.2) is 0 Å². The standard InChI is InChI=1S/C13H23N3O2S/c1-11-6-4-3-5-7-16(11)19(17,18)13-8-12(9-14)15(2)10-13/h8,10-11H,3-7,9,14H2,1-2H3. The van der Waals surface area contributed by atoms with Gasteiger partial charge >= 0.3 is 0 Å². The molecule has 1 atom stereocenters. The van der Waals surface area contributed by atoms with E-state index in [1.165, 1.54) is 0 Å². The fourth-order valence-electron chi connectivity index (χ4n) is 2.66. The van der Waals surface area contributed by atoms with E-state index >= 15 is 0 Å². The Morgan fingerprint density at radius 3 is 2.74 bits per heavy atom. The molecule has 2 heterocycles. The van der Waals surface area contributed by atoms with Crippen molar-refractivity contribution in [2.24, 2.45) is 12.8 Å². The van der Waals surface area contributed by atoms with Crippen LogP contribution < -0.4 is 5.73 Å². The molecule has 19 heavy (non-hydrogen) atoms. The van der Waals surface area contributed by atoms with E-state index < -0.39 is 10.0 Å². The highest BCUT2D eigenvalue weighted by molar-refractivity contribution is 7.89. The summed E-state index contributed by atoms with van der Waals surface area (Å²) in [5, 5.41) is 0. The normalized spacial score (nSPS) is 22.4. The summed E-state index contributed by atoms with van der Waals surface area (Å²) >= 11 is 0. The van der Waals surface area contributed by atoms with Crippen molar-refractivity contribution in [2.45, 2.75) is 50.1 Å². The number of rotatable bonds is 3. The van der Waals surface area contributed by atoms with Crippen LogP contribution >= 0.6 is 0 Å². The Morgan fingerprint density at radius 2 is 2.11 bits per heavy atom. The van der Waals surface area contributed by atoms with Gasteiger partial charge in [-0.3, -0.25) is 0 Å². The molecule has 0 bridgehead atoms. The van der Waals surface area contributed by atoms with Crippen molar-refractivity contribution in [1.29, 1.82) is 0 Å². The third kappa shape index (κ3) is 2.85. The molecule has 2 N–H and O–H groups in total. The van der Waals surface area contributed by atoms with Crippen LogP contribution in [-0.2, 0) is 23.6 Å². The number of sulfonamides is 1. The van der Waals surface area contributed by atoms with Crippen molar-refractivity contribution in [2.75, 3.05) is 6.54 Å². The van der Waals surface area contributed by atoms with Gasteiger partial charge in [-0.1, -0.05) is 12.8 Å². The van der Waals surface area contributed by atoms with E-state index in [4.69, 9.17) is 5.73 Å². The lowest BCUT2D eigenvalue weighted by molar-refractivity contribution is 0.342. The number of nitrogens with zero attached hydrogens (tertiary/aromatic N) is 2. The predicted octanol–water partition coefficient (Wildman–Crippen LogP) is 1.44. The lowest BCUT2D eigenvalue weighted by atomic mass is 10.1. The average molecular weight is 285 g/mol. The van der Waals surface area contributed by atoms with Crippen LogP contribution in [0, 0.1) is 0 Å². The van der Waals surface area contributed by atoms with E-state index in [2.05, 4.69) is 0 Å². The molecular formula is C13H23N3O2S. The van der Waals surface area contributed by atoms with Crippen LogP contribution in [0.15, 0.2) is 17.2 Å². The molecule has 1 saturated heterocycles. The van der Waals surface area contributed by atoms with Gasteiger partial charge in [0.2, 0.25) is 10.0 Å². The SMILES string of the molecule is CC1CCCCCN1S(=O)(=O)c1cc(CN)n(C)c1. The minimum atomic E-state index is -3.39. The van der Waals surface area contributed by atoms with Gasteiger partial charge in [0.05, 0.1) is 0 Å².